The van der Waals surface area contributed by atoms with Crippen molar-refractivity contribution in [2.45, 2.75) is 0 Å². The molecular formula is C17H12Br2N2O3. The largest absolute Gasteiger partial charge is 0.496 e. The quantitative estimate of drug-likeness (QED) is 0.460. The molecule has 1 amide bonds. The molecule has 0 radical (unpaired) electrons. The van der Waals surface area contributed by atoms with Gasteiger partial charge in [0.15, 0.2) is 5.76 Å². The van der Waals surface area contributed by atoms with E-state index in [1.54, 1.807) is 25.5 Å². The van der Waals surface area contributed by atoms with Crippen LogP contribution in [-0.4, -0.2) is 19.2 Å². The Morgan fingerprint density at radius 3 is 2.79 bits per heavy atom. The second kappa shape index (κ2) is 7.19. The average Bonchev–Trinajstić information content (AvgIpc) is 2.98. The summed E-state index contributed by atoms with van der Waals surface area (Å²) in [6.45, 7) is 0. The van der Waals surface area contributed by atoms with Crippen LogP contribution in [0.25, 0.3) is 11.0 Å². The van der Waals surface area contributed by atoms with Gasteiger partial charge in [0.05, 0.1) is 17.8 Å². The maximum Gasteiger partial charge on any atom is 0.307 e. The predicted octanol–water partition coefficient (Wildman–Crippen LogP) is 4.73. The number of hydrogen-bond acceptors (Lipinski definition) is 4. The third-order valence-corrected chi connectivity index (χ3v) is 4.37. The lowest BCUT2D eigenvalue weighted by molar-refractivity contribution is 0.0929. The monoisotopic (exact) mass is 450 g/mol. The highest BCUT2D eigenvalue weighted by Crippen LogP contribution is 2.25. The lowest BCUT2D eigenvalue weighted by Gasteiger charge is -2.03. The zero-order chi connectivity index (χ0) is 17.1. The number of benzene rings is 2. The van der Waals surface area contributed by atoms with E-state index in [-0.39, 0.29) is 5.76 Å². The maximum atomic E-state index is 12.1. The van der Waals surface area contributed by atoms with Crippen molar-refractivity contribution in [3.63, 3.8) is 0 Å². The molecule has 0 saturated heterocycles. The van der Waals surface area contributed by atoms with Crippen LogP contribution >= 0.6 is 31.9 Å². The molecule has 24 heavy (non-hydrogen) atoms. The minimum atomic E-state index is -0.411. The number of furan rings is 1. The van der Waals surface area contributed by atoms with Crippen LogP contribution in [0, 0.1) is 0 Å². The molecule has 7 heteroatoms. The average molecular weight is 452 g/mol. The van der Waals surface area contributed by atoms with Gasteiger partial charge in [-0.1, -0.05) is 15.9 Å². The Kier molecular flexibility index (Phi) is 5.01. The number of amides is 1. The standard InChI is InChI=1S/C17H12Br2N2O3/c1-23-15-4-2-10(6-13(15)19)9-20-21-17(22)16-8-11-7-12(18)3-5-14(11)24-16/h2-9H,1H3,(H,21,22)/b20-9+. The van der Waals surface area contributed by atoms with E-state index in [1.807, 2.05) is 30.3 Å². The van der Waals surface area contributed by atoms with Gasteiger partial charge in [0.25, 0.3) is 0 Å². The van der Waals surface area contributed by atoms with Gasteiger partial charge in [0.2, 0.25) is 0 Å². The first-order valence-corrected chi connectivity index (χ1v) is 8.51. The highest BCUT2D eigenvalue weighted by molar-refractivity contribution is 9.10. The van der Waals surface area contributed by atoms with Crippen LogP contribution in [0.2, 0.25) is 0 Å². The number of nitrogens with zero attached hydrogens (tertiary/aromatic N) is 1. The van der Waals surface area contributed by atoms with Gasteiger partial charge in [-0.15, -0.1) is 0 Å². The normalized spacial score (nSPS) is 11.1. The molecule has 0 unspecified atom stereocenters. The Bertz CT molecular complexity index is 935. The Morgan fingerprint density at radius 2 is 2.04 bits per heavy atom. The van der Waals surface area contributed by atoms with Gasteiger partial charge >= 0.3 is 5.91 Å². The Morgan fingerprint density at radius 1 is 1.21 bits per heavy atom. The van der Waals surface area contributed by atoms with Crippen LogP contribution in [0.1, 0.15) is 16.1 Å². The van der Waals surface area contributed by atoms with E-state index in [2.05, 4.69) is 42.4 Å². The van der Waals surface area contributed by atoms with Crippen molar-refractivity contribution >= 4 is 55.0 Å². The number of halogens is 2. The minimum Gasteiger partial charge on any atom is -0.496 e. The molecule has 0 aliphatic carbocycles. The van der Waals surface area contributed by atoms with Gasteiger partial charge in [0.1, 0.15) is 11.3 Å². The zero-order valence-corrected chi connectivity index (χ0v) is 15.7. The highest BCUT2D eigenvalue weighted by atomic mass is 79.9. The molecule has 0 aliphatic rings. The van der Waals surface area contributed by atoms with E-state index in [1.165, 1.54) is 0 Å². The number of rotatable bonds is 4. The van der Waals surface area contributed by atoms with Crippen LogP contribution in [0.4, 0.5) is 0 Å². The molecule has 0 saturated carbocycles. The van der Waals surface area contributed by atoms with Gasteiger partial charge in [-0.05, 0) is 64.0 Å². The summed E-state index contributed by atoms with van der Waals surface area (Å²) >= 11 is 6.78. The smallest absolute Gasteiger partial charge is 0.307 e. The van der Waals surface area contributed by atoms with Gasteiger partial charge in [-0.3, -0.25) is 4.79 Å². The molecule has 1 N–H and O–H groups in total. The maximum absolute atomic E-state index is 12.1. The van der Waals surface area contributed by atoms with Crippen molar-refractivity contribution in [2.24, 2.45) is 5.10 Å². The van der Waals surface area contributed by atoms with E-state index in [4.69, 9.17) is 9.15 Å². The lowest BCUT2D eigenvalue weighted by atomic mass is 10.2. The second-order valence-electron chi connectivity index (χ2n) is 4.89. The number of carbonyl (C=O) groups excluding carboxylic acids is 1. The van der Waals surface area contributed by atoms with Crippen LogP contribution in [0.5, 0.6) is 5.75 Å². The fourth-order valence-corrected chi connectivity index (χ4v) is 3.05. The predicted molar refractivity (Wildman–Crippen MR) is 99.7 cm³/mol. The molecule has 5 nitrogen and oxygen atoms in total. The van der Waals surface area contributed by atoms with Crippen molar-refractivity contribution in [3.8, 4) is 5.75 Å². The van der Waals surface area contributed by atoms with Crippen LogP contribution in [0.3, 0.4) is 0 Å². The molecule has 3 aromatic rings. The molecule has 0 aliphatic heterocycles. The van der Waals surface area contributed by atoms with Gasteiger partial charge < -0.3 is 9.15 Å². The van der Waals surface area contributed by atoms with E-state index >= 15 is 0 Å². The Labute approximate surface area is 154 Å². The summed E-state index contributed by atoms with van der Waals surface area (Å²) in [6.07, 6.45) is 1.54. The number of carbonyl (C=O) groups is 1. The molecule has 3 rings (SSSR count). The third kappa shape index (κ3) is 3.68. The van der Waals surface area contributed by atoms with E-state index < -0.39 is 5.91 Å². The first-order chi connectivity index (χ1) is 11.6. The molecule has 1 heterocycles. The Balaban J connectivity index is 1.71. The van der Waals surface area contributed by atoms with Crippen LogP contribution < -0.4 is 10.2 Å². The molecule has 122 valence electrons. The molecular weight excluding hydrogens is 440 g/mol. The number of nitrogens with one attached hydrogen (secondary N) is 1. The number of hydrogen-bond donors (Lipinski definition) is 1. The molecule has 1 aromatic heterocycles. The molecule has 0 fully saturated rings. The summed E-state index contributed by atoms with van der Waals surface area (Å²) in [5, 5.41) is 4.79. The van der Waals surface area contributed by atoms with Crippen LogP contribution in [-0.2, 0) is 0 Å². The summed E-state index contributed by atoms with van der Waals surface area (Å²) < 4.78 is 12.4. The summed E-state index contributed by atoms with van der Waals surface area (Å²) in [4.78, 5) is 12.1. The zero-order valence-electron chi connectivity index (χ0n) is 12.5. The first kappa shape index (κ1) is 16.7. The highest BCUT2D eigenvalue weighted by Gasteiger charge is 2.11. The summed E-state index contributed by atoms with van der Waals surface area (Å²) in [5.41, 5.74) is 3.91. The number of fused-ring (bicyclic) bond motifs is 1. The molecule has 0 bridgehead atoms. The topological polar surface area (TPSA) is 63.8 Å². The van der Waals surface area contributed by atoms with E-state index in [9.17, 15) is 4.79 Å². The van der Waals surface area contributed by atoms with Gasteiger partial charge in [-0.25, -0.2) is 5.43 Å². The van der Waals surface area contributed by atoms with Crippen molar-refractivity contribution < 1.29 is 13.9 Å². The minimum absolute atomic E-state index is 0.205. The number of ether oxygens (including phenoxy) is 1. The number of methoxy groups -OCH3 is 1. The van der Waals surface area contributed by atoms with E-state index in [0.29, 0.717) is 5.58 Å². The van der Waals surface area contributed by atoms with E-state index in [0.717, 1.165) is 25.6 Å². The van der Waals surface area contributed by atoms with Crippen molar-refractivity contribution in [1.29, 1.82) is 0 Å². The van der Waals surface area contributed by atoms with Gasteiger partial charge in [-0.2, -0.15) is 5.10 Å². The second-order valence-corrected chi connectivity index (χ2v) is 6.66. The molecule has 2 aromatic carbocycles. The fraction of sp³-hybridized carbons (Fsp3) is 0.0588. The first-order valence-electron chi connectivity index (χ1n) is 6.93. The SMILES string of the molecule is COc1ccc(/C=N/NC(=O)c2cc3cc(Br)ccc3o2)cc1Br. The third-order valence-electron chi connectivity index (χ3n) is 3.26. The Hall–Kier alpha value is -2.12. The summed E-state index contributed by atoms with van der Waals surface area (Å²) in [6, 6.07) is 12.7. The molecule has 0 atom stereocenters. The fourth-order valence-electron chi connectivity index (χ4n) is 2.11. The van der Waals surface area contributed by atoms with Crippen molar-refractivity contribution in [2.75, 3.05) is 7.11 Å². The summed E-state index contributed by atoms with van der Waals surface area (Å²) in [5.74, 6) is 0.520. The summed E-state index contributed by atoms with van der Waals surface area (Å²) in [7, 11) is 1.60. The van der Waals surface area contributed by atoms with Crippen molar-refractivity contribution in [3.05, 3.63) is 62.7 Å². The van der Waals surface area contributed by atoms with Crippen LogP contribution in [0.15, 0.2) is 60.9 Å². The molecule has 0 spiro atoms. The number of hydrazone groups is 1. The lowest BCUT2D eigenvalue weighted by Crippen LogP contribution is -2.16. The van der Waals surface area contributed by atoms with Gasteiger partial charge in [0, 0.05) is 9.86 Å². The van der Waals surface area contributed by atoms with Crippen molar-refractivity contribution in [1.82, 2.24) is 5.43 Å².